The molecular formula is C16H28N2O6S4. The van der Waals surface area contributed by atoms with E-state index in [1.807, 2.05) is 0 Å². The van der Waals surface area contributed by atoms with E-state index in [1.54, 1.807) is 0 Å². The Kier molecular flexibility index (Phi) is 9.16. The molecule has 8 nitrogen and oxygen atoms in total. The van der Waals surface area contributed by atoms with Gasteiger partial charge in [0, 0.05) is 13.1 Å². The molecule has 2 N–H and O–H groups in total. The number of thiocarbonyl (C=S) groups is 2. The van der Waals surface area contributed by atoms with Crippen LogP contribution in [0.3, 0.4) is 0 Å². The lowest BCUT2D eigenvalue weighted by molar-refractivity contribution is 0.247. The van der Waals surface area contributed by atoms with E-state index in [0.29, 0.717) is 39.1 Å². The number of hydrogen-bond acceptors (Lipinski definition) is 8. The van der Waals surface area contributed by atoms with Gasteiger partial charge in [-0.1, -0.05) is 0 Å². The fraction of sp³-hybridized carbons (Fsp3) is 0.875. The lowest BCUT2D eigenvalue weighted by Crippen LogP contribution is -2.31. The maximum atomic E-state index is 11.4. The van der Waals surface area contributed by atoms with Crippen molar-refractivity contribution in [3.8, 4) is 0 Å². The summed E-state index contributed by atoms with van der Waals surface area (Å²) in [6.45, 7) is 1.92. The van der Waals surface area contributed by atoms with Crippen molar-refractivity contribution in [1.29, 1.82) is 0 Å². The summed E-state index contributed by atoms with van der Waals surface area (Å²) >= 11 is 10.2. The van der Waals surface area contributed by atoms with Crippen molar-refractivity contribution in [3.63, 3.8) is 0 Å². The largest absolute Gasteiger partial charge is 0.471 e. The molecule has 12 heteroatoms. The van der Waals surface area contributed by atoms with E-state index in [9.17, 15) is 16.8 Å². The van der Waals surface area contributed by atoms with Gasteiger partial charge >= 0.3 is 0 Å². The zero-order chi connectivity index (χ0) is 20.6. The van der Waals surface area contributed by atoms with Gasteiger partial charge in [-0.2, -0.15) is 0 Å². The van der Waals surface area contributed by atoms with Crippen LogP contribution in [0.15, 0.2) is 0 Å². The standard InChI is InChI=1S/C16H28N2O6S4/c19-27(20)7-3-13(11-27)9-17-15(25)23-5-1-2-6-24-16(26)18-10-14-4-8-28(21,22)12-14/h13-14H,1-12H2,(H,17,25)(H,18,26). The van der Waals surface area contributed by atoms with E-state index in [2.05, 4.69) is 10.6 Å². The topological polar surface area (TPSA) is 111 Å². The summed E-state index contributed by atoms with van der Waals surface area (Å²) in [5.41, 5.74) is 0. The highest BCUT2D eigenvalue weighted by molar-refractivity contribution is 7.91. The highest BCUT2D eigenvalue weighted by atomic mass is 32.2. The second kappa shape index (κ2) is 10.9. The molecule has 0 bridgehead atoms. The molecule has 162 valence electrons. The number of ether oxygens (including phenoxy) is 2. The van der Waals surface area contributed by atoms with Crippen LogP contribution in [0.25, 0.3) is 0 Å². The number of sulfone groups is 2. The molecule has 2 unspecified atom stereocenters. The van der Waals surface area contributed by atoms with Gasteiger partial charge in [-0.15, -0.1) is 0 Å². The zero-order valence-corrected chi connectivity index (χ0v) is 19.0. The van der Waals surface area contributed by atoms with E-state index in [0.717, 1.165) is 12.8 Å². The normalized spacial score (nSPS) is 25.1. The van der Waals surface area contributed by atoms with Gasteiger partial charge in [0.25, 0.3) is 10.3 Å². The van der Waals surface area contributed by atoms with Crippen LogP contribution in [0.1, 0.15) is 25.7 Å². The van der Waals surface area contributed by atoms with Crippen molar-refractivity contribution >= 4 is 54.5 Å². The Hall–Kier alpha value is -0.720. The van der Waals surface area contributed by atoms with Gasteiger partial charge in [0.1, 0.15) is 0 Å². The third-order valence-corrected chi connectivity index (χ3v) is 8.93. The van der Waals surface area contributed by atoms with Crippen LogP contribution < -0.4 is 10.6 Å². The van der Waals surface area contributed by atoms with Gasteiger partial charge < -0.3 is 20.1 Å². The predicted octanol–water partition coefficient (Wildman–Crippen LogP) is 0.418. The SMILES string of the molecule is O=S1(=O)CCC(CNC(=S)OCCCCOC(=S)NCC2CCS(=O)(=O)C2)C1. The maximum absolute atomic E-state index is 11.4. The molecule has 2 saturated heterocycles. The van der Waals surface area contributed by atoms with Crippen LogP contribution in [-0.2, 0) is 29.1 Å². The summed E-state index contributed by atoms with van der Waals surface area (Å²) in [6, 6.07) is 0. The van der Waals surface area contributed by atoms with Gasteiger partial charge in [-0.3, -0.25) is 0 Å². The van der Waals surface area contributed by atoms with Crippen LogP contribution in [0.4, 0.5) is 0 Å². The van der Waals surface area contributed by atoms with Crippen LogP contribution in [0.5, 0.6) is 0 Å². The highest BCUT2D eigenvalue weighted by Crippen LogP contribution is 2.18. The van der Waals surface area contributed by atoms with Gasteiger partial charge in [0.05, 0.1) is 36.2 Å². The summed E-state index contributed by atoms with van der Waals surface area (Å²) in [7, 11) is -5.74. The fourth-order valence-corrected chi connectivity index (χ4v) is 7.21. The Balaban J connectivity index is 1.42. The average Bonchev–Trinajstić information content (AvgIpc) is 3.15. The summed E-state index contributed by atoms with van der Waals surface area (Å²) in [5.74, 6) is 1.12. The molecule has 0 aromatic carbocycles. The van der Waals surface area contributed by atoms with Crippen molar-refractivity contribution in [2.75, 3.05) is 49.3 Å². The summed E-state index contributed by atoms with van der Waals surface area (Å²) in [6.07, 6.45) is 2.81. The van der Waals surface area contributed by atoms with E-state index in [1.165, 1.54) is 0 Å². The first kappa shape index (κ1) is 23.6. The second-order valence-electron chi connectivity index (χ2n) is 7.28. The number of hydrogen-bond donors (Lipinski definition) is 2. The molecule has 0 amide bonds. The molecule has 2 atom stereocenters. The lowest BCUT2D eigenvalue weighted by atomic mass is 10.1. The van der Waals surface area contributed by atoms with E-state index < -0.39 is 19.7 Å². The van der Waals surface area contributed by atoms with E-state index >= 15 is 0 Å². The zero-order valence-electron chi connectivity index (χ0n) is 15.7. The molecule has 2 rings (SSSR count). The quantitative estimate of drug-likeness (QED) is 0.362. The second-order valence-corrected chi connectivity index (χ2v) is 12.5. The van der Waals surface area contributed by atoms with Gasteiger partial charge in [0.15, 0.2) is 19.7 Å². The van der Waals surface area contributed by atoms with Crippen molar-refractivity contribution in [2.24, 2.45) is 11.8 Å². The van der Waals surface area contributed by atoms with Crippen LogP contribution in [0.2, 0.25) is 0 Å². The van der Waals surface area contributed by atoms with E-state index in [-0.39, 0.29) is 45.2 Å². The first-order valence-electron chi connectivity index (χ1n) is 9.37. The molecule has 0 saturated carbocycles. The van der Waals surface area contributed by atoms with Crippen molar-refractivity contribution in [1.82, 2.24) is 10.6 Å². The molecule has 2 aliphatic heterocycles. The number of nitrogens with one attached hydrogen (secondary N) is 2. The Labute approximate surface area is 177 Å². The Morgan fingerprint density at radius 3 is 1.50 bits per heavy atom. The Morgan fingerprint density at radius 2 is 1.18 bits per heavy atom. The molecule has 0 aromatic heterocycles. The number of unbranched alkanes of at least 4 members (excludes halogenated alkanes) is 1. The Morgan fingerprint density at radius 1 is 0.786 bits per heavy atom. The van der Waals surface area contributed by atoms with Crippen molar-refractivity contribution in [2.45, 2.75) is 25.7 Å². The van der Waals surface area contributed by atoms with Gasteiger partial charge in [0.2, 0.25) is 0 Å². The molecule has 0 aliphatic carbocycles. The summed E-state index contributed by atoms with van der Waals surface area (Å²) in [4.78, 5) is 0. The minimum absolute atomic E-state index is 0.0952. The minimum Gasteiger partial charge on any atom is -0.471 e. The third-order valence-electron chi connectivity index (χ3n) is 4.73. The summed E-state index contributed by atoms with van der Waals surface area (Å²) < 4.78 is 56.4. The van der Waals surface area contributed by atoms with Crippen LogP contribution >= 0.6 is 24.4 Å². The number of rotatable bonds is 9. The van der Waals surface area contributed by atoms with Crippen molar-refractivity contribution < 1.29 is 26.3 Å². The molecule has 0 radical (unpaired) electrons. The smallest absolute Gasteiger partial charge is 0.256 e. The van der Waals surface area contributed by atoms with Crippen molar-refractivity contribution in [3.05, 3.63) is 0 Å². The molecular weight excluding hydrogens is 444 g/mol. The lowest BCUT2D eigenvalue weighted by Gasteiger charge is -2.14. The minimum atomic E-state index is -2.87. The first-order valence-corrected chi connectivity index (χ1v) is 13.8. The fourth-order valence-electron chi connectivity index (χ4n) is 3.16. The van der Waals surface area contributed by atoms with Crippen LogP contribution in [-0.4, -0.2) is 76.5 Å². The summed E-state index contributed by atoms with van der Waals surface area (Å²) in [5, 5.41) is 6.49. The average molecular weight is 473 g/mol. The Bertz CT molecular complexity index is 689. The highest BCUT2D eigenvalue weighted by Gasteiger charge is 2.28. The molecule has 2 aliphatic rings. The maximum Gasteiger partial charge on any atom is 0.256 e. The molecule has 28 heavy (non-hydrogen) atoms. The molecule has 2 heterocycles. The van der Waals surface area contributed by atoms with Gasteiger partial charge in [-0.25, -0.2) is 16.8 Å². The predicted molar refractivity (Wildman–Crippen MR) is 116 cm³/mol. The third kappa shape index (κ3) is 9.19. The van der Waals surface area contributed by atoms with Crippen LogP contribution in [0, 0.1) is 11.8 Å². The molecule has 0 aromatic rings. The monoisotopic (exact) mass is 472 g/mol. The molecule has 0 spiro atoms. The first-order chi connectivity index (χ1) is 13.2. The van der Waals surface area contributed by atoms with E-state index in [4.69, 9.17) is 33.9 Å². The van der Waals surface area contributed by atoms with Gasteiger partial charge in [-0.05, 0) is 62.0 Å². The molecule has 2 fully saturated rings.